The number of phosphoric ester groups is 2. The minimum absolute atomic E-state index is 0.102. The van der Waals surface area contributed by atoms with E-state index in [2.05, 4.69) is 41.5 Å². The molecule has 0 heterocycles. The van der Waals surface area contributed by atoms with E-state index in [1.165, 1.54) is 173 Å². The molecule has 17 nitrogen and oxygen atoms in total. The lowest BCUT2D eigenvalue weighted by Crippen LogP contribution is -2.30. The van der Waals surface area contributed by atoms with Gasteiger partial charge in [0.05, 0.1) is 26.4 Å². The Hall–Kier alpha value is -1.94. The molecule has 0 aliphatic heterocycles. The quantitative estimate of drug-likeness (QED) is 0.0222. The third-order valence-electron chi connectivity index (χ3n) is 16.7. The second-order valence-corrected chi connectivity index (χ2v) is 29.8. The van der Waals surface area contributed by atoms with Gasteiger partial charge in [0.2, 0.25) is 0 Å². The molecular weight excluding hydrogens is 1200 g/mol. The predicted octanol–water partition coefficient (Wildman–Crippen LogP) is 20.8. The molecular formula is C72H140O17P2. The normalized spacial score (nSPS) is 14.1. The van der Waals surface area contributed by atoms with E-state index in [-0.39, 0.29) is 25.7 Å². The van der Waals surface area contributed by atoms with Crippen molar-refractivity contribution in [3.8, 4) is 0 Å². The van der Waals surface area contributed by atoms with Crippen LogP contribution in [0.4, 0.5) is 0 Å². The molecule has 19 heteroatoms. The van der Waals surface area contributed by atoms with E-state index >= 15 is 0 Å². The highest BCUT2D eigenvalue weighted by Crippen LogP contribution is 2.45. The summed E-state index contributed by atoms with van der Waals surface area (Å²) in [4.78, 5) is 72.4. The number of aliphatic hydroxyl groups is 1. The lowest BCUT2D eigenvalue weighted by molar-refractivity contribution is -0.161. The molecule has 0 saturated carbocycles. The number of phosphoric acid groups is 2. The largest absolute Gasteiger partial charge is 0.472 e. The smallest absolute Gasteiger partial charge is 0.462 e. The molecule has 540 valence electrons. The zero-order valence-corrected chi connectivity index (χ0v) is 60.9. The molecule has 0 rings (SSSR count). The van der Waals surface area contributed by atoms with Crippen molar-refractivity contribution < 1.29 is 80.2 Å². The van der Waals surface area contributed by atoms with Crippen molar-refractivity contribution in [2.75, 3.05) is 39.6 Å². The summed E-state index contributed by atoms with van der Waals surface area (Å²) in [6.07, 6.45) is 50.4. The second kappa shape index (κ2) is 64.1. The average Bonchev–Trinajstić information content (AvgIpc) is 2.38. The van der Waals surface area contributed by atoms with Crippen LogP contribution in [-0.4, -0.2) is 96.7 Å². The number of esters is 4. The molecule has 0 aromatic carbocycles. The molecule has 0 aliphatic carbocycles. The van der Waals surface area contributed by atoms with Gasteiger partial charge in [-0.1, -0.05) is 318 Å². The number of hydrogen-bond donors (Lipinski definition) is 3. The van der Waals surface area contributed by atoms with Crippen LogP contribution < -0.4 is 0 Å². The first-order valence-corrected chi connectivity index (χ1v) is 40.5. The van der Waals surface area contributed by atoms with Crippen LogP contribution in [0.5, 0.6) is 0 Å². The molecule has 0 aliphatic rings. The lowest BCUT2D eigenvalue weighted by Gasteiger charge is -2.21. The van der Waals surface area contributed by atoms with Gasteiger partial charge < -0.3 is 33.8 Å². The molecule has 0 aromatic rings. The van der Waals surface area contributed by atoms with Crippen LogP contribution in [0.1, 0.15) is 369 Å². The van der Waals surface area contributed by atoms with Crippen molar-refractivity contribution >= 4 is 39.5 Å². The Morgan fingerprint density at radius 2 is 0.505 bits per heavy atom. The Balaban J connectivity index is 5.17. The molecule has 0 aromatic heterocycles. The number of carbonyl (C=O) groups is 4. The maximum Gasteiger partial charge on any atom is 0.472 e. The van der Waals surface area contributed by atoms with Gasteiger partial charge in [0.1, 0.15) is 19.3 Å². The molecule has 0 amide bonds. The summed E-state index contributed by atoms with van der Waals surface area (Å²) in [5, 5.41) is 10.6. The molecule has 0 bridgehead atoms. The highest BCUT2D eigenvalue weighted by molar-refractivity contribution is 7.47. The lowest BCUT2D eigenvalue weighted by atomic mass is 10.0. The van der Waals surface area contributed by atoms with Crippen LogP contribution in [0.2, 0.25) is 0 Å². The van der Waals surface area contributed by atoms with E-state index in [0.29, 0.717) is 31.6 Å². The Morgan fingerprint density at radius 1 is 0.297 bits per heavy atom. The van der Waals surface area contributed by atoms with Crippen LogP contribution in [0, 0.1) is 11.8 Å². The Bertz CT molecular complexity index is 1770. The summed E-state index contributed by atoms with van der Waals surface area (Å²) < 4.78 is 68.2. The first kappa shape index (κ1) is 89.1. The van der Waals surface area contributed by atoms with Gasteiger partial charge in [0.25, 0.3) is 0 Å². The molecule has 5 atom stereocenters. The molecule has 3 N–H and O–H groups in total. The van der Waals surface area contributed by atoms with E-state index in [9.17, 15) is 43.2 Å². The fourth-order valence-corrected chi connectivity index (χ4v) is 12.5. The van der Waals surface area contributed by atoms with Gasteiger partial charge in [-0.15, -0.1) is 0 Å². The number of rotatable bonds is 71. The first-order chi connectivity index (χ1) is 43.9. The van der Waals surface area contributed by atoms with Gasteiger partial charge in [0, 0.05) is 25.7 Å². The van der Waals surface area contributed by atoms with E-state index in [1.807, 2.05) is 0 Å². The summed E-state index contributed by atoms with van der Waals surface area (Å²) in [6.45, 7) is 9.46. The Labute approximate surface area is 556 Å². The van der Waals surface area contributed by atoms with E-state index in [1.54, 1.807) is 0 Å². The fraction of sp³-hybridized carbons (Fsp3) is 0.944. The molecule has 91 heavy (non-hydrogen) atoms. The number of ether oxygens (including phenoxy) is 4. The highest BCUT2D eigenvalue weighted by atomic mass is 31.2. The van der Waals surface area contributed by atoms with E-state index in [0.717, 1.165) is 109 Å². The SMILES string of the molecule is CCCCCCCCCCCCCCCCCCCC(=O)OC[C@H](COP(=O)(O)OC[C@@H](O)COP(=O)(O)OC[C@@H](COC(=O)CCCCCCCCC)OC(=O)CCCCCCCCC(C)C)OC(=O)CCCCCCCCCCCCCCCCCC(C)C. The monoisotopic (exact) mass is 1340 g/mol. The standard InChI is InChI=1S/C72H140O17P2/c1-7-9-11-13-15-16-17-18-19-20-23-26-29-32-36-43-49-55-70(75)83-61-67(88-71(76)56-50-44-37-33-30-27-24-21-22-25-28-31-35-40-46-52-64(3)4)62-86-90(78,79)84-58-66(73)59-85-91(80,81)87-63-68(60-82-69(74)54-48-42-34-14-12-10-8-2)89-72(77)57-51-45-39-38-41-47-53-65(5)6/h64-68,73H,7-63H2,1-6H3,(H,78,79)(H,80,81)/t66-,67-,68-/m1/s1. The summed E-state index contributed by atoms with van der Waals surface area (Å²) >= 11 is 0. The van der Waals surface area contributed by atoms with E-state index in [4.69, 9.17) is 37.0 Å². The van der Waals surface area contributed by atoms with Crippen LogP contribution in [0.3, 0.4) is 0 Å². The van der Waals surface area contributed by atoms with Crippen LogP contribution in [0.15, 0.2) is 0 Å². The molecule has 0 spiro atoms. The minimum atomic E-state index is -4.95. The summed E-state index contributed by atoms with van der Waals surface area (Å²) in [6, 6.07) is 0. The predicted molar refractivity (Wildman–Crippen MR) is 368 cm³/mol. The summed E-state index contributed by atoms with van der Waals surface area (Å²) in [7, 11) is -9.90. The summed E-state index contributed by atoms with van der Waals surface area (Å²) in [5.74, 6) is -0.658. The average molecular weight is 1340 g/mol. The van der Waals surface area contributed by atoms with Crippen LogP contribution in [0.25, 0.3) is 0 Å². The van der Waals surface area contributed by atoms with Crippen LogP contribution in [-0.2, 0) is 65.4 Å². The van der Waals surface area contributed by atoms with Crippen molar-refractivity contribution in [3.05, 3.63) is 0 Å². The van der Waals surface area contributed by atoms with Crippen molar-refractivity contribution in [2.45, 2.75) is 387 Å². The summed E-state index contributed by atoms with van der Waals surface area (Å²) in [5.41, 5.74) is 0. The Kier molecular flexibility index (Phi) is 62.7. The van der Waals surface area contributed by atoms with Gasteiger partial charge in [-0.3, -0.25) is 37.3 Å². The first-order valence-electron chi connectivity index (χ1n) is 37.5. The molecule has 0 saturated heterocycles. The number of hydrogen-bond acceptors (Lipinski definition) is 15. The van der Waals surface area contributed by atoms with E-state index < -0.39 is 97.5 Å². The maximum atomic E-state index is 13.0. The maximum absolute atomic E-state index is 13.0. The van der Waals surface area contributed by atoms with Crippen molar-refractivity contribution in [3.63, 3.8) is 0 Å². The fourth-order valence-electron chi connectivity index (χ4n) is 10.9. The second-order valence-electron chi connectivity index (χ2n) is 26.9. The number of unbranched alkanes of at least 4 members (excludes halogenated alkanes) is 41. The van der Waals surface area contributed by atoms with Crippen molar-refractivity contribution in [1.82, 2.24) is 0 Å². The number of carbonyl (C=O) groups excluding carboxylic acids is 4. The highest BCUT2D eigenvalue weighted by Gasteiger charge is 2.30. The van der Waals surface area contributed by atoms with Crippen molar-refractivity contribution in [2.24, 2.45) is 11.8 Å². The molecule has 0 radical (unpaired) electrons. The van der Waals surface area contributed by atoms with Crippen LogP contribution >= 0.6 is 15.6 Å². The third kappa shape index (κ3) is 66.5. The third-order valence-corrected chi connectivity index (χ3v) is 18.6. The topological polar surface area (TPSA) is 237 Å². The zero-order chi connectivity index (χ0) is 67.2. The zero-order valence-electron chi connectivity index (χ0n) is 59.1. The van der Waals surface area contributed by atoms with Gasteiger partial charge >= 0.3 is 39.5 Å². The van der Waals surface area contributed by atoms with Gasteiger partial charge in [0.15, 0.2) is 12.2 Å². The molecule has 2 unspecified atom stereocenters. The van der Waals surface area contributed by atoms with Gasteiger partial charge in [-0.25, -0.2) is 9.13 Å². The molecule has 0 fully saturated rings. The van der Waals surface area contributed by atoms with Crippen molar-refractivity contribution in [1.29, 1.82) is 0 Å². The van der Waals surface area contributed by atoms with Gasteiger partial charge in [-0.2, -0.15) is 0 Å². The number of aliphatic hydroxyl groups excluding tert-OH is 1. The minimum Gasteiger partial charge on any atom is -0.462 e. The Morgan fingerprint density at radius 3 is 0.747 bits per heavy atom. The van der Waals surface area contributed by atoms with Gasteiger partial charge in [-0.05, 0) is 37.5 Å².